The largest absolute Gasteiger partial charge is 0.467 e. The number of nitrogens with one attached hydrogen (secondary N) is 2. The fraction of sp³-hybridized carbons (Fsp3) is 0.545. The zero-order valence-corrected chi connectivity index (χ0v) is 10.1. The van der Waals surface area contributed by atoms with E-state index in [4.69, 9.17) is 4.42 Å². The summed E-state index contributed by atoms with van der Waals surface area (Å²) < 4.78 is 5.15. The average molecular weight is 245 g/mol. The maximum atomic E-state index is 11.9. The summed E-state index contributed by atoms with van der Waals surface area (Å²) in [5, 5.41) is 6.10. The van der Waals surface area contributed by atoms with E-state index in [0.717, 1.165) is 25.3 Å². The highest BCUT2D eigenvalue weighted by Crippen LogP contribution is 2.24. The molecule has 1 aliphatic rings. The summed E-state index contributed by atoms with van der Waals surface area (Å²) in [4.78, 5) is 11.9. The minimum Gasteiger partial charge on any atom is -0.467 e. The molecule has 1 atom stereocenters. The van der Waals surface area contributed by atoms with Crippen molar-refractivity contribution in [1.29, 1.82) is 0 Å². The minimum atomic E-state index is -0.257. The van der Waals surface area contributed by atoms with E-state index in [2.05, 4.69) is 10.6 Å². The first-order valence-corrected chi connectivity index (χ1v) is 5.22. The van der Waals surface area contributed by atoms with Crippen molar-refractivity contribution in [3.05, 3.63) is 24.2 Å². The van der Waals surface area contributed by atoms with Crippen molar-refractivity contribution < 1.29 is 9.21 Å². The molecule has 0 aromatic carbocycles. The Balaban J connectivity index is 0.00000128. The van der Waals surface area contributed by atoms with Crippen LogP contribution in [0.25, 0.3) is 0 Å². The maximum absolute atomic E-state index is 11.9. The van der Waals surface area contributed by atoms with Gasteiger partial charge in [0, 0.05) is 6.54 Å². The Bertz CT molecular complexity index is 332. The topological polar surface area (TPSA) is 54.3 Å². The van der Waals surface area contributed by atoms with E-state index in [9.17, 15) is 4.79 Å². The van der Waals surface area contributed by atoms with E-state index >= 15 is 0 Å². The lowest BCUT2D eigenvalue weighted by Crippen LogP contribution is -2.39. The number of hydrogen-bond donors (Lipinski definition) is 2. The van der Waals surface area contributed by atoms with Gasteiger partial charge in [0.15, 0.2) is 0 Å². The Hall–Kier alpha value is -1.00. The zero-order valence-electron chi connectivity index (χ0n) is 9.29. The molecule has 0 radical (unpaired) electrons. The number of carbonyl (C=O) groups excluding carboxylic acids is 1. The standard InChI is InChI=1S/C11H16N2O2.ClH/c1-11(4-5-12-8-11)10(14)13-7-9-3-2-6-15-9;/h2-3,6,12H,4-5,7-8H2,1H3,(H,13,14);1H. The van der Waals surface area contributed by atoms with Crippen molar-refractivity contribution in [1.82, 2.24) is 10.6 Å². The van der Waals surface area contributed by atoms with Gasteiger partial charge in [-0.3, -0.25) is 4.79 Å². The molecular formula is C11H17ClN2O2. The quantitative estimate of drug-likeness (QED) is 0.843. The third-order valence-corrected chi connectivity index (χ3v) is 2.92. The highest BCUT2D eigenvalue weighted by molar-refractivity contribution is 5.85. The molecule has 0 spiro atoms. The molecule has 4 nitrogen and oxygen atoms in total. The van der Waals surface area contributed by atoms with Gasteiger partial charge in [0.25, 0.3) is 0 Å². The monoisotopic (exact) mass is 244 g/mol. The van der Waals surface area contributed by atoms with E-state index in [1.807, 2.05) is 19.1 Å². The predicted octanol–water partition coefficient (Wildman–Crippen LogP) is 1.32. The second kappa shape index (κ2) is 5.37. The third kappa shape index (κ3) is 2.77. The number of rotatable bonds is 3. The average Bonchev–Trinajstić information content (AvgIpc) is 2.85. The summed E-state index contributed by atoms with van der Waals surface area (Å²) in [5.41, 5.74) is -0.257. The summed E-state index contributed by atoms with van der Waals surface area (Å²) in [5.74, 6) is 0.891. The van der Waals surface area contributed by atoms with E-state index in [-0.39, 0.29) is 23.7 Å². The second-order valence-corrected chi connectivity index (χ2v) is 4.25. The highest BCUT2D eigenvalue weighted by Gasteiger charge is 2.35. The molecule has 0 bridgehead atoms. The van der Waals surface area contributed by atoms with Gasteiger partial charge < -0.3 is 15.1 Å². The number of halogens is 1. The molecule has 1 unspecified atom stereocenters. The molecule has 1 aliphatic heterocycles. The summed E-state index contributed by atoms with van der Waals surface area (Å²) in [7, 11) is 0. The van der Waals surface area contributed by atoms with Crippen LogP contribution in [0.5, 0.6) is 0 Å². The molecule has 1 amide bonds. The molecule has 1 saturated heterocycles. The van der Waals surface area contributed by atoms with Crippen LogP contribution in [0.15, 0.2) is 22.8 Å². The van der Waals surface area contributed by atoms with Crippen LogP contribution in [0.4, 0.5) is 0 Å². The van der Waals surface area contributed by atoms with Gasteiger partial charge in [-0.05, 0) is 32.0 Å². The Morgan fingerprint density at radius 1 is 1.69 bits per heavy atom. The molecule has 16 heavy (non-hydrogen) atoms. The van der Waals surface area contributed by atoms with E-state index in [1.165, 1.54) is 0 Å². The summed E-state index contributed by atoms with van der Waals surface area (Å²) in [6.45, 7) is 4.15. The van der Waals surface area contributed by atoms with Crippen molar-refractivity contribution in [3.63, 3.8) is 0 Å². The predicted molar refractivity (Wildman–Crippen MR) is 63.4 cm³/mol. The Morgan fingerprint density at radius 3 is 3.06 bits per heavy atom. The molecular weight excluding hydrogens is 228 g/mol. The molecule has 2 heterocycles. The molecule has 1 aromatic heterocycles. The lowest BCUT2D eigenvalue weighted by molar-refractivity contribution is -0.129. The number of hydrogen-bond acceptors (Lipinski definition) is 3. The van der Waals surface area contributed by atoms with Crippen LogP contribution >= 0.6 is 12.4 Å². The normalized spacial score (nSPS) is 23.8. The Morgan fingerprint density at radius 2 is 2.50 bits per heavy atom. The summed E-state index contributed by atoms with van der Waals surface area (Å²) in [6, 6.07) is 3.68. The van der Waals surface area contributed by atoms with Crippen LogP contribution < -0.4 is 10.6 Å². The van der Waals surface area contributed by atoms with Crippen LogP contribution in [-0.4, -0.2) is 19.0 Å². The molecule has 1 aromatic rings. The van der Waals surface area contributed by atoms with Crippen LogP contribution in [0.3, 0.4) is 0 Å². The summed E-state index contributed by atoms with van der Waals surface area (Å²) >= 11 is 0. The van der Waals surface area contributed by atoms with Crippen LogP contribution in [0, 0.1) is 5.41 Å². The third-order valence-electron chi connectivity index (χ3n) is 2.92. The highest BCUT2D eigenvalue weighted by atomic mass is 35.5. The van der Waals surface area contributed by atoms with Crippen molar-refractivity contribution >= 4 is 18.3 Å². The summed E-state index contributed by atoms with van der Waals surface area (Å²) in [6.07, 6.45) is 2.51. The Labute approximate surface area is 101 Å². The van der Waals surface area contributed by atoms with Crippen molar-refractivity contribution in [2.75, 3.05) is 13.1 Å². The molecule has 1 fully saturated rings. The lowest BCUT2D eigenvalue weighted by atomic mass is 9.89. The molecule has 0 aliphatic carbocycles. The first-order valence-electron chi connectivity index (χ1n) is 5.22. The lowest BCUT2D eigenvalue weighted by Gasteiger charge is -2.20. The molecule has 90 valence electrons. The van der Waals surface area contributed by atoms with Crippen LogP contribution in [0.2, 0.25) is 0 Å². The van der Waals surface area contributed by atoms with Crippen LogP contribution in [0.1, 0.15) is 19.1 Å². The number of furan rings is 1. The van der Waals surface area contributed by atoms with E-state index in [1.54, 1.807) is 6.26 Å². The molecule has 2 N–H and O–H groups in total. The first-order chi connectivity index (χ1) is 7.21. The van der Waals surface area contributed by atoms with Gasteiger partial charge in [-0.25, -0.2) is 0 Å². The molecule has 0 saturated carbocycles. The van der Waals surface area contributed by atoms with E-state index < -0.39 is 0 Å². The van der Waals surface area contributed by atoms with Gasteiger partial charge in [0.05, 0.1) is 18.2 Å². The van der Waals surface area contributed by atoms with Gasteiger partial charge in [-0.2, -0.15) is 0 Å². The first kappa shape index (κ1) is 13.1. The molecule has 5 heteroatoms. The van der Waals surface area contributed by atoms with Crippen molar-refractivity contribution in [3.8, 4) is 0 Å². The van der Waals surface area contributed by atoms with Gasteiger partial charge in [0.1, 0.15) is 5.76 Å². The fourth-order valence-corrected chi connectivity index (χ4v) is 1.80. The molecule has 2 rings (SSSR count). The van der Waals surface area contributed by atoms with Gasteiger partial charge >= 0.3 is 0 Å². The van der Waals surface area contributed by atoms with Crippen LogP contribution in [-0.2, 0) is 11.3 Å². The number of amides is 1. The second-order valence-electron chi connectivity index (χ2n) is 4.25. The van der Waals surface area contributed by atoms with Gasteiger partial charge in [0.2, 0.25) is 5.91 Å². The van der Waals surface area contributed by atoms with Crippen molar-refractivity contribution in [2.45, 2.75) is 19.9 Å². The fourth-order valence-electron chi connectivity index (χ4n) is 1.80. The van der Waals surface area contributed by atoms with E-state index in [0.29, 0.717) is 6.54 Å². The SMILES string of the molecule is CC1(C(=O)NCc2ccco2)CCNC1.Cl. The number of carbonyl (C=O) groups is 1. The van der Waals surface area contributed by atoms with Gasteiger partial charge in [-0.1, -0.05) is 0 Å². The minimum absolute atomic E-state index is 0. The maximum Gasteiger partial charge on any atom is 0.227 e. The zero-order chi connectivity index (χ0) is 10.7. The Kier molecular flexibility index (Phi) is 4.38. The van der Waals surface area contributed by atoms with Crippen molar-refractivity contribution in [2.24, 2.45) is 5.41 Å². The smallest absolute Gasteiger partial charge is 0.227 e. The van der Waals surface area contributed by atoms with Gasteiger partial charge in [-0.15, -0.1) is 12.4 Å².